The van der Waals surface area contributed by atoms with Gasteiger partial charge in [-0.25, -0.2) is 4.79 Å². The molecule has 0 spiro atoms. The molecule has 3 rings (SSSR count). The van der Waals surface area contributed by atoms with Crippen LogP contribution < -0.4 is 5.32 Å². The van der Waals surface area contributed by atoms with Crippen molar-refractivity contribution in [1.29, 1.82) is 0 Å². The van der Waals surface area contributed by atoms with E-state index in [9.17, 15) is 14.7 Å². The van der Waals surface area contributed by atoms with Gasteiger partial charge in [-0.05, 0) is 44.4 Å². The highest BCUT2D eigenvalue weighted by Gasteiger charge is 2.14. The van der Waals surface area contributed by atoms with E-state index in [4.69, 9.17) is 0 Å². The van der Waals surface area contributed by atoms with Crippen LogP contribution in [0.5, 0.6) is 0 Å². The quantitative estimate of drug-likeness (QED) is 0.697. The highest BCUT2D eigenvalue weighted by atomic mass is 79.9. The molecule has 0 unspecified atom stereocenters. The normalized spacial score (nSPS) is 10.5. The Morgan fingerprint density at radius 2 is 1.67 bits per heavy atom. The molecule has 0 heterocycles. The third-order valence-electron chi connectivity index (χ3n) is 3.74. The van der Waals surface area contributed by atoms with Crippen LogP contribution in [0.4, 0.5) is 5.69 Å². The predicted octanol–water partition coefficient (Wildman–Crippen LogP) is 4.48. The molecule has 2 N–H and O–H groups in total. The number of aromatic carboxylic acids is 1. The van der Waals surface area contributed by atoms with Crippen molar-refractivity contribution in [2.45, 2.75) is 6.42 Å². The maximum atomic E-state index is 12.3. The van der Waals surface area contributed by atoms with E-state index in [-0.39, 0.29) is 17.9 Å². The maximum Gasteiger partial charge on any atom is 0.335 e. The molecule has 5 heteroatoms. The topological polar surface area (TPSA) is 66.4 Å². The second-order valence-corrected chi connectivity index (χ2v) is 6.13. The van der Waals surface area contributed by atoms with Gasteiger partial charge >= 0.3 is 5.97 Å². The van der Waals surface area contributed by atoms with Crippen LogP contribution in [0, 0.1) is 0 Å². The van der Waals surface area contributed by atoms with Crippen LogP contribution in [0.15, 0.2) is 65.1 Å². The van der Waals surface area contributed by atoms with Crippen molar-refractivity contribution in [1.82, 2.24) is 0 Å². The Hall–Kier alpha value is -2.66. The Balaban J connectivity index is 1.83. The molecule has 0 aliphatic heterocycles. The third kappa shape index (κ3) is 3.31. The van der Waals surface area contributed by atoms with E-state index < -0.39 is 5.97 Å². The molecule has 0 saturated heterocycles. The third-order valence-corrected chi connectivity index (χ3v) is 4.59. The lowest BCUT2D eigenvalue weighted by molar-refractivity contribution is -0.115. The summed E-state index contributed by atoms with van der Waals surface area (Å²) in [6.45, 7) is 0. The van der Waals surface area contributed by atoms with Crippen LogP contribution >= 0.6 is 15.9 Å². The van der Waals surface area contributed by atoms with Crippen molar-refractivity contribution in [3.05, 3.63) is 76.3 Å². The zero-order chi connectivity index (χ0) is 17.1. The molecule has 24 heavy (non-hydrogen) atoms. The van der Waals surface area contributed by atoms with Gasteiger partial charge in [0.25, 0.3) is 0 Å². The van der Waals surface area contributed by atoms with Gasteiger partial charge in [-0.1, -0.05) is 48.5 Å². The summed E-state index contributed by atoms with van der Waals surface area (Å²) >= 11 is 3.52. The summed E-state index contributed by atoms with van der Waals surface area (Å²) in [6.07, 6.45) is 0.00173. The van der Waals surface area contributed by atoms with Gasteiger partial charge in [0.1, 0.15) is 0 Å². The van der Waals surface area contributed by atoms with Crippen LogP contribution in [0.1, 0.15) is 15.9 Å². The first-order valence-electron chi connectivity index (χ1n) is 7.34. The molecule has 0 aromatic heterocycles. The fraction of sp³-hybridized carbons (Fsp3) is 0.0526. The number of anilines is 1. The van der Waals surface area contributed by atoms with E-state index in [0.29, 0.717) is 11.3 Å². The molecule has 1 amide bonds. The average molecular weight is 384 g/mol. The number of benzene rings is 3. The van der Waals surface area contributed by atoms with Crippen LogP contribution in [0.2, 0.25) is 0 Å². The maximum absolute atomic E-state index is 12.3. The summed E-state index contributed by atoms with van der Waals surface area (Å²) in [5.41, 5.74) is 1.29. The fourth-order valence-corrected chi connectivity index (χ4v) is 3.17. The van der Waals surface area contributed by atoms with Gasteiger partial charge in [0, 0.05) is 4.47 Å². The standard InChI is InChI=1S/C19H14BrNO3/c20-18-14-7-3-1-5-12(14)9-10-16(18)21-17(22)11-13-6-2-4-8-15(13)19(23)24/h1-10H,11H2,(H,21,22)(H,23,24). The van der Waals surface area contributed by atoms with E-state index in [1.165, 1.54) is 6.07 Å². The van der Waals surface area contributed by atoms with Gasteiger partial charge in [0.2, 0.25) is 5.91 Å². The molecule has 120 valence electrons. The van der Waals surface area contributed by atoms with Gasteiger partial charge in [-0.2, -0.15) is 0 Å². The molecule has 0 aliphatic carbocycles. The summed E-state index contributed by atoms with van der Waals surface area (Å²) < 4.78 is 0.806. The molecule has 3 aromatic rings. The zero-order valence-corrected chi connectivity index (χ0v) is 14.2. The molecule has 0 bridgehead atoms. The van der Waals surface area contributed by atoms with Crippen molar-refractivity contribution in [2.75, 3.05) is 5.32 Å². The van der Waals surface area contributed by atoms with Crippen LogP contribution in [-0.2, 0) is 11.2 Å². The van der Waals surface area contributed by atoms with Gasteiger partial charge in [0.05, 0.1) is 17.7 Å². The van der Waals surface area contributed by atoms with Gasteiger partial charge < -0.3 is 10.4 Å². The summed E-state index contributed by atoms with van der Waals surface area (Å²) in [4.78, 5) is 23.5. The minimum absolute atomic E-state index is 0.00173. The minimum atomic E-state index is -1.04. The van der Waals surface area contributed by atoms with E-state index in [0.717, 1.165) is 15.2 Å². The number of hydrogen-bond acceptors (Lipinski definition) is 2. The number of fused-ring (bicyclic) bond motifs is 1. The number of carbonyl (C=O) groups is 2. The van der Waals surface area contributed by atoms with Crippen molar-refractivity contribution in [3.63, 3.8) is 0 Å². The lowest BCUT2D eigenvalue weighted by atomic mass is 10.0. The Morgan fingerprint density at radius 1 is 0.958 bits per heavy atom. The van der Waals surface area contributed by atoms with Crippen LogP contribution in [0.25, 0.3) is 10.8 Å². The molecule has 0 saturated carbocycles. The van der Waals surface area contributed by atoms with Crippen molar-refractivity contribution in [2.24, 2.45) is 0 Å². The number of carboxylic acids is 1. The molecule has 0 radical (unpaired) electrons. The number of rotatable bonds is 4. The van der Waals surface area contributed by atoms with Gasteiger partial charge in [-0.15, -0.1) is 0 Å². The molecule has 0 aliphatic rings. The number of carbonyl (C=O) groups excluding carboxylic acids is 1. The Bertz CT molecular complexity index is 937. The number of amides is 1. The van der Waals surface area contributed by atoms with Crippen molar-refractivity contribution >= 4 is 44.3 Å². The highest BCUT2D eigenvalue weighted by molar-refractivity contribution is 9.10. The van der Waals surface area contributed by atoms with Crippen molar-refractivity contribution in [3.8, 4) is 0 Å². The Kier molecular flexibility index (Phi) is 4.62. The molecule has 3 aromatic carbocycles. The highest BCUT2D eigenvalue weighted by Crippen LogP contribution is 2.31. The van der Waals surface area contributed by atoms with Crippen LogP contribution in [-0.4, -0.2) is 17.0 Å². The second kappa shape index (κ2) is 6.84. The number of nitrogens with one attached hydrogen (secondary N) is 1. The Morgan fingerprint density at radius 3 is 2.46 bits per heavy atom. The van der Waals surface area contributed by atoms with Gasteiger partial charge in [0.15, 0.2) is 0 Å². The SMILES string of the molecule is O=C(Cc1ccccc1C(=O)O)Nc1ccc2ccccc2c1Br. The summed E-state index contributed by atoms with van der Waals surface area (Å²) in [5, 5.41) is 14.1. The molecule has 4 nitrogen and oxygen atoms in total. The lowest BCUT2D eigenvalue weighted by Crippen LogP contribution is -2.16. The van der Waals surface area contributed by atoms with Crippen LogP contribution in [0.3, 0.4) is 0 Å². The van der Waals surface area contributed by atoms with E-state index in [1.54, 1.807) is 18.2 Å². The first kappa shape index (κ1) is 16.2. The first-order chi connectivity index (χ1) is 11.6. The number of carboxylic acid groups (broad SMARTS) is 1. The van der Waals surface area contributed by atoms with Gasteiger partial charge in [-0.3, -0.25) is 4.79 Å². The monoisotopic (exact) mass is 383 g/mol. The zero-order valence-electron chi connectivity index (χ0n) is 12.6. The molecular weight excluding hydrogens is 370 g/mol. The molecular formula is C19H14BrNO3. The van der Waals surface area contributed by atoms with E-state index in [1.807, 2.05) is 36.4 Å². The summed E-state index contributed by atoms with van der Waals surface area (Å²) in [6, 6.07) is 18.1. The summed E-state index contributed by atoms with van der Waals surface area (Å²) in [7, 11) is 0. The molecule has 0 atom stereocenters. The first-order valence-corrected chi connectivity index (χ1v) is 8.14. The Labute approximate surface area is 147 Å². The average Bonchev–Trinajstić information content (AvgIpc) is 2.58. The predicted molar refractivity (Wildman–Crippen MR) is 97.4 cm³/mol. The van der Waals surface area contributed by atoms with Crippen molar-refractivity contribution < 1.29 is 14.7 Å². The lowest BCUT2D eigenvalue weighted by Gasteiger charge is -2.11. The van der Waals surface area contributed by atoms with E-state index >= 15 is 0 Å². The number of hydrogen-bond donors (Lipinski definition) is 2. The summed E-state index contributed by atoms with van der Waals surface area (Å²) in [5.74, 6) is -1.30. The minimum Gasteiger partial charge on any atom is -0.478 e. The second-order valence-electron chi connectivity index (χ2n) is 5.34. The smallest absolute Gasteiger partial charge is 0.335 e. The largest absolute Gasteiger partial charge is 0.478 e. The molecule has 0 fully saturated rings. The fourth-order valence-electron chi connectivity index (χ4n) is 2.58. The van der Waals surface area contributed by atoms with E-state index in [2.05, 4.69) is 21.2 Å². The number of halogens is 1.